The van der Waals surface area contributed by atoms with Gasteiger partial charge < -0.3 is 15.5 Å². The average molecular weight is 324 g/mol. The van der Waals surface area contributed by atoms with Crippen molar-refractivity contribution >= 4 is 29.9 Å². The summed E-state index contributed by atoms with van der Waals surface area (Å²) in [5.41, 5.74) is 1.97. The first-order chi connectivity index (χ1) is 10.1. The third-order valence-electron chi connectivity index (χ3n) is 4.27. The summed E-state index contributed by atoms with van der Waals surface area (Å²) in [6.07, 6.45) is 1.55. The minimum Gasteiger partial charge on any atom is -0.349 e. The van der Waals surface area contributed by atoms with Crippen molar-refractivity contribution in [2.45, 2.75) is 25.8 Å². The van der Waals surface area contributed by atoms with Gasteiger partial charge in [0.15, 0.2) is 0 Å². The van der Waals surface area contributed by atoms with Crippen LogP contribution in [-0.4, -0.2) is 31.4 Å². The molecule has 1 unspecified atom stereocenters. The molecule has 0 saturated carbocycles. The molecule has 2 heterocycles. The molecular formula is C16H22ClN3O2. The van der Waals surface area contributed by atoms with Crippen LogP contribution < -0.4 is 15.5 Å². The molecule has 2 aliphatic rings. The van der Waals surface area contributed by atoms with Crippen LogP contribution in [-0.2, 0) is 9.59 Å². The molecule has 1 aromatic rings. The minimum atomic E-state index is -0.0456. The highest BCUT2D eigenvalue weighted by atomic mass is 35.5. The van der Waals surface area contributed by atoms with Gasteiger partial charge in [-0.2, -0.15) is 0 Å². The van der Waals surface area contributed by atoms with Gasteiger partial charge in [-0.3, -0.25) is 9.59 Å². The Morgan fingerprint density at radius 3 is 2.77 bits per heavy atom. The topological polar surface area (TPSA) is 61.4 Å². The van der Waals surface area contributed by atoms with Crippen molar-refractivity contribution in [2.24, 2.45) is 5.92 Å². The molecular weight excluding hydrogens is 302 g/mol. The molecule has 2 fully saturated rings. The first-order valence-corrected chi connectivity index (χ1v) is 7.56. The molecule has 2 amide bonds. The largest absolute Gasteiger partial charge is 0.349 e. The molecule has 0 aliphatic carbocycles. The molecule has 22 heavy (non-hydrogen) atoms. The van der Waals surface area contributed by atoms with E-state index in [0.29, 0.717) is 6.42 Å². The van der Waals surface area contributed by atoms with Gasteiger partial charge in [0.05, 0.1) is 12.0 Å². The van der Waals surface area contributed by atoms with Crippen molar-refractivity contribution in [3.8, 4) is 0 Å². The van der Waals surface area contributed by atoms with Gasteiger partial charge in [-0.05, 0) is 31.0 Å². The number of hydrogen-bond donors (Lipinski definition) is 2. The monoisotopic (exact) mass is 323 g/mol. The Kier molecular flexibility index (Phi) is 5.42. The lowest BCUT2D eigenvalue weighted by Gasteiger charge is -2.28. The Morgan fingerprint density at radius 2 is 2.18 bits per heavy atom. The van der Waals surface area contributed by atoms with Gasteiger partial charge in [-0.1, -0.05) is 12.1 Å². The zero-order valence-electron chi connectivity index (χ0n) is 12.7. The van der Waals surface area contributed by atoms with E-state index in [9.17, 15) is 9.59 Å². The van der Waals surface area contributed by atoms with E-state index < -0.39 is 0 Å². The third kappa shape index (κ3) is 3.42. The minimum absolute atomic E-state index is 0. The highest BCUT2D eigenvalue weighted by molar-refractivity contribution is 5.95. The molecule has 0 bridgehead atoms. The van der Waals surface area contributed by atoms with Crippen LogP contribution >= 0.6 is 12.4 Å². The Labute approximate surface area is 136 Å². The van der Waals surface area contributed by atoms with E-state index in [1.54, 1.807) is 0 Å². The van der Waals surface area contributed by atoms with Crippen LogP contribution in [0.3, 0.4) is 0 Å². The second kappa shape index (κ2) is 7.11. The van der Waals surface area contributed by atoms with E-state index in [1.165, 1.54) is 0 Å². The number of carbonyl (C=O) groups excluding carboxylic acids is 2. The number of halogens is 1. The molecule has 0 radical (unpaired) electrons. The summed E-state index contributed by atoms with van der Waals surface area (Å²) in [7, 11) is 0. The van der Waals surface area contributed by atoms with Gasteiger partial charge >= 0.3 is 0 Å². The Morgan fingerprint density at radius 1 is 1.41 bits per heavy atom. The number of hydrogen-bond acceptors (Lipinski definition) is 3. The Bertz CT molecular complexity index is 560. The number of nitrogens with one attached hydrogen (secondary N) is 2. The summed E-state index contributed by atoms with van der Waals surface area (Å²) >= 11 is 0. The van der Waals surface area contributed by atoms with Crippen molar-refractivity contribution in [3.63, 3.8) is 0 Å². The number of nitrogens with zero attached hydrogens (tertiary/aromatic N) is 1. The second-order valence-electron chi connectivity index (χ2n) is 5.83. The summed E-state index contributed by atoms with van der Waals surface area (Å²) in [5, 5.41) is 6.15. The summed E-state index contributed by atoms with van der Waals surface area (Å²) in [6, 6.07) is 7.86. The highest BCUT2D eigenvalue weighted by Gasteiger charge is 2.26. The molecule has 120 valence electrons. The van der Waals surface area contributed by atoms with Crippen LogP contribution in [0.15, 0.2) is 24.3 Å². The van der Waals surface area contributed by atoms with Gasteiger partial charge in [-0.25, -0.2) is 0 Å². The van der Waals surface area contributed by atoms with Gasteiger partial charge in [0.25, 0.3) is 0 Å². The Balaban J connectivity index is 0.00000176. The lowest BCUT2D eigenvalue weighted by atomic mass is 10.0. The van der Waals surface area contributed by atoms with Gasteiger partial charge in [0.2, 0.25) is 11.8 Å². The molecule has 3 rings (SSSR count). The lowest BCUT2D eigenvalue weighted by molar-refractivity contribution is -0.127. The van der Waals surface area contributed by atoms with Crippen molar-refractivity contribution in [1.82, 2.24) is 10.6 Å². The third-order valence-corrected chi connectivity index (χ3v) is 4.27. The quantitative estimate of drug-likeness (QED) is 0.885. The number of carbonyl (C=O) groups is 2. The molecule has 2 aliphatic heterocycles. The van der Waals surface area contributed by atoms with E-state index in [-0.39, 0.29) is 36.2 Å². The molecule has 5 nitrogen and oxygen atoms in total. The van der Waals surface area contributed by atoms with Crippen molar-refractivity contribution < 1.29 is 9.59 Å². The predicted octanol–water partition coefficient (Wildman–Crippen LogP) is 1.63. The normalized spacial score (nSPS) is 19.3. The van der Waals surface area contributed by atoms with Gasteiger partial charge in [0.1, 0.15) is 0 Å². The van der Waals surface area contributed by atoms with Crippen LogP contribution in [0.25, 0.3) is 0 Å². The first-order valence-electron chi connectivity index (χ1n) is 7.56. The van der Waals surface area contributed by atoms with Crippen LogP contribution in [0.4, 0.5) is 5.69 Å². The summed E-state index contributed by atoms with van der Waals surface area (Å²) < 4.78 is 0. The SMILES string of the molecule is CC(NC(=O)C1CNC1)c1cccc(N2CCCC2=O)c1.Cl. The summed E-state index contributed by atoms with van der Waals surface area (Å²) in [5.74, 6) is 0.379. The zero-order valence-corrected chi connectivity index (χ0v) is 13.5. The maximum Gasteiger partial charge on any atom is 0.227 e. The summed E-state index contributed by atoms with van der Waals surface area (Å²) in [6.45, 7) is 4.30. The van der Waals surface area contributed by atoms with Crippen LogP contribution in [0, 0.1) is 5.92 Å². The predicted molar refractivity (Wildman–Crippen MR) is 88.2 cm³/mol. The molecule has 6 heteroatoms. The fourth-order valence-corrected chi connectivity index (χ4v) is 2.77. The molecule has 0 aromatic heterocycles. The maximum atomic E-state index is 12.0. The van der Waals surface area contributed by atoms with Crippen molar-refractivity contribution in [1.29, 1.82) is 0 Å². The molecule has 1 atom stereocenters. The van der Waals surface area contributed by atoms with Gasteiger partial charge in [-0.15, -0.1) is 12.4 Å². The smallest absolute Gasteiger partial charge is 0.227 e. The maximum absolute atomic E-state index is 12.0. The Hall–Kier alpha value is -1.59. The fraction of sp³-hybridized carbons (Fsp3) is 0.500. The van der Waals surface area contributed by atoms with E-state index in [1.807, 2.05) is 36.1 Å². The fourth-order valence-electron chi connectivity index (χ4n) is 2.77. The van der Waals surface area contributed by atoms with E-state index >= 15 is 0 Å². The van der Waals surface area contributed by atoms with Crippen molar-refractivity contribution in [2.75, 3.05) is 24.5 Å². The average Bonchev–Trinajstić information content (AvgIpc) is 2.83. The van der Waals surface area contributed by atoms with Crippen LogP contribution in [0.2, 0.25) is 0 Å². The first kappa shape index (κ1) is 16.8. The van der Waals surface area contributed by atoms with Crippen LogP contribution in [0.1, 0.15) is 31.4 Å². The number of amides is 2. The summed E-state index contributed by atoms with van der Waals surface area (Å²) in [4.78, 5) is 25.6. The molecule has 0 spiro atoms. The van der Waals surface area contributed by atoms with E-state index in [2.05, 4.69) is 10.6 Å². The second-order valence-corrected chi connectivity index (χ2v) is 5.83. The number of benzene rings is 1. The highest BCUT2D eigenvalue weighted by Crippen LogP contribution is 2.25. The lowest BCUT2D eigenvalue weighted by Crippen LogP contribution is -2.51. The van der Waals surface area contributed by atoms with E-state index in [4.69, 9.17) is 0 Å². The molecule has 2 saturated heterocycles. The standard InChI is InChI=1S/C16H21N3O2.ClH/c1-11(18-16(21)13-9-17-10-13)12-4-2-5-14(8-12)19-7-3-6-15(19)20;/h2,4-5,8,11,13,17H,3,6-7,9-10H2,1H3,(H,18,21);1H. The van der Waals surface area contributed by atoms with Gasteiger partial charge in [0, 0.05) is 31.7 Å². The molecule has 1 aromatic carbocycles. The van der Waals surface area contributed by atoms with E-state index in [0.717, 1.165) is 37.3 Å². The van der Waals surface area contributed by atoms with Crippen molar-refractivity contribution in [3.05, 3.63) is 29.8 Å². The van der Waals surface area contributed by atoms with Crippen LogP contribution in [0.5, 0.6) is 0 Å². The molecule has 2 N–H and O–H groups in total. The number of rotatable bonds is 4. The number of anilines is 1. The zero-order chi connectivity index (χ0) is 14.8.